The van der Waals surface area contributed by atoms with Crippen molar-refractivity contribution in [2.45, 2.75) is 18.6 Å². The number of nitrogens with one attached hydrogen (secondary N) is 1. The molecule has 0 spiro atoms. The zero-order valence-corrected chi connectivity index (χ0v) is 11.6. The molecule has 0 aliphatic carbocycles. The van der Waals surface area contributed by atoms with Crippen LogP contribution < -0.4 is 5.32 Å². The average molecular weight is 278 g/mol. The highest BCUT2D eigenvalue weighted by atomic mass is 32.2. The zero-order valence-electron chi connectivity index (χ0n) is 10.8. The van der Waals surface area contributed by atoms with Crippen LogP contribution >= 0.6 is 0 Å². The van der Waals surface area contributed by atoms with Crippen LogP contribution in [0.5, 0.6) is 0 Å². The summed E-state index contributed by atoms with van der Waals surface area (Å²) in [6.07, 6.45) is 2.04. The van der Waals surface area contributed by atoms with Gasteiger partial charge in [-0.15, -0.1) is 0 Å². The molecule has 1 aromatic rings. The monoisotopic (exact) mass is 278 g/mol. The molecule has 1 N–H and O–H groups in total. The Kier molecular flexibility index (Phi) is 4.56. The van der Waals surface area contributed by atoms with Gasteiger partial charge < -0.3 is 5.32 Å². The molecule has 0 bridgehead atoms. The van der Waals surface area contributed by atoms with Gasteiger partial charge in [0.15, 0.2) is 9.84 Å². The van der Waals surface area contributed by atoms with Gasteiger partial charge in [0.25, 0.3) is 0 Å². The van der Waals surface area contributed by atoms with E-state index >= 15 is 0 Å². The summed E-state index contributed by atoms with van der Waals surface area (Å²) < 4.78 is 24.3. The van der Waals surface area contributed by atoms with Crippen molar-refractivity contribution in [1.29, 1.82) is 5.26 Å². The minimum Gasteiger partial charge on any atom is -0.316 e. The number of hydrogen-bond donors (Lipinski definition) is 1. The van der Waals surface area contributed by atoms with Gasteiger partial charge in [0.2, 0.25) is 0 Å². The molecule has 1 unspecified atom stereocenters. The van der Waals surface area contributed by atoms with E-state index in [0.29, 0.717) is 5.56 Å². The third-order valence-corrected chi connectivity index (χ3v) is 5.11. The number of rotatable bonds is 4. The molecule has 1 aromatic carbocycles. The summed E-state index contributed by atoms with van der Waals surface area (Å²) in [7, 11) is -3.08. The highest BCUT2D eigenvalue weighted by Crippen LogP contribution is 2.16. The van der Waals surface area contributed by atoms with Crippen molar-refractivity contribution in [3.63, 3.8) is 0 Å². The first-order chi connectivity index (χ1) is 9.09. The lowest BCUT2D eigenvalue weighted by molar-refractivity contribution is 0.404. The summed E-state index contributed by atoms with van der Waals surface area (Å²) in [4.78, 5) is 0. The minimum absolute atomic E-state index is 0.0647. The number of sulfone groups is 1. The van der Waals surface area contributed by atoms with E-state index in [2.05, 4.69) is 5.32 Å². The number of nitriles is 1. The molecule has 19 heavy (non-hydrogen) atoms. The zero-order chi connectivity index (χ0) is 13.7. The maximum Gasteiger partial charge on any atom is 0.154 e. The molecule has 5 heteroatoms. The fourth-order valence-electron chi connectivity index (χ4n) is 2.41. The Morgan fingerprint density at radius 2 is 2.05 bits per heavy atom. The van der Waals surface area contributed by atoms with Crippen LogP contribution in [0.4, 0.5) is 0 Å². The Hall–Kier alpha value is -1.38. The van der Waals surface area contributed by atoms with Crippen molar-refractivity contribution in [2.24, 2.45) is 5.92 Å². The van der Waals surface area contributed by atoms with E-state index < -0.39 is 9.84 Å². The fourth-order valence-corrected chi connectivity index (χ4v) is 4.23. The topological polar surface area (TPSA) is 70.0 Å². The van der Waals surface area contributed by atoms with E-state index in [4.69, 9.17) is 5.26 Å². The predicted molar refractivity (Wildman–Crippen MR) is 74.2 cm³/mol. The van der Waals surface area contributed by atoms with Gasteiger partial charge in [-0.3, -0.25) is 0 Å². The molecule has 0 amide bonds. The molecular formula is C14H18N2O2S. The smallest absolute Gasteiger partial charge is 0.154 e. The van der Waals surface area contributed by atoms with Crippen molar-refractivity contribution in [3.05, 3.63) is 35.4 Å². The predicted octanol–water partition coefficient (Wildman–Crippen LogP) is 1.47. The lowest BCUT2D eigenvalue weighted by Gasteiger charge is -2.22. The van der Waals surface area contributed by atoms with Gasteiger partial charge in [-0.2, -0.15) is 5.26 Å². The molecule has 1 fully saturated rings. The molecule has 1 atom stereocenters. The van der Waals surface area contributed by atoms with Crippen molar-refractivity contribution in [1.82, 2.24) is 5.32 Å². The van der Waals surface area contributed by atoms with Gasteiger partial charge in [0.05, 0.1) is 23.1 Å². The Morgan fingerprint density at radius 3 is 2.63 bits per heavy atom. The molecule has 1 saturated heterocycles. The summed E-state index contributed by atoms with van der Waals surface area (Å²) in [5, 5.41) is 11.9. The van der Waals surface area contributed by atoms with Gasteiger partial charge in [-0.1, -0.05) is 12.1 Å². The Labute approximate surface area is 114 Å². The number of piperidine rings is 1. The highest BCUT2D eigenvalue weighted by Gasteiger charge is 2.21. The second-order valence-corrected chi connectivity index (χ2v) is 7.18. The maximum absolute atomic E-state index is 12.1. The normalized spacial score (nSPS) is 19.8. The van der Waals surface area contributed by atoms with E-state index in [-0.39, 0.29) is 17.4 Å². The quantitative estimate of drug-likeness (QED) is 0.905. The molecule has 0 saturated carbocycles. The van der Waals surface area contributed by atoms with Crippen LogP contribution in [0.25, 0.3) is 0 Å². The van der Waals surface area contributed by atoms with Crippen LogP contribution in [0.15, 0.2) is 24.3 Å². The average Bonchev–Trinajstić information content (AvgIpc) is 2.39. The fraction of sp³-hybridized carbons (Fsp3) is 0.500. The molecule has 0 aromatic heterocycles. The van der Waals surface area contributed by atoms with Crippen LogP contribution in [0.2, 0.25) is 0 Å². The van der Waals surface area contributed by atoms with E-state index in [1.54, 1.807) is 24.3 Å². The van der Waals surface area contributed by atoms with Gasteiger partial charge in [0.1, 0.15) is 0 Å². The number of hydrogen-bond acceptors (Lipinski definition) is 4. The lowest BCUT2D eigenvalue weighted by atomic mass is 10.0. The van der Waals surface area contributed by atoms with E-state index in [9.17, 15) is 8.42 Å². The van der Waals surface area contributed by atoms with Gasteiger partial charge >= 0.3 is 0 Å². The highest BCUT2D eigenvalue weighted by molar-refractivity contribution is 7.90. The number of benzene rings is 1. The van der Waals surface area contributed by atoms with Crippen molar-refractivity contribution >= 4 is 9.84 Å². The molecule has 1 aliphatic heterocycles. The SMILES string of the molecule is N#Cc1ccc(CS(=O)(=O)CC2CCCNC2)cc1. The molecule has 4 nitrogen and oxygen atoms in total. The minimum atomic E-state index is -3.08. The molecule has 1 heterocycles. The van der Waals surface area contributed by atoms with Crippen molar-refractivity contribution in [3.8, 4) is 6.07 Å². The maximum atomic E-state index is 12.1. The van der Waals surface area contributed by atoms with Crippen LogP contribution in [0.1, 0.15) is 24.0 Å². The second kappa shape index (κ2) is 6.18. The summed E-state index contributed by atoms with van der Waals surface area (Å²) in [6, 6.07) is 8.78. The summed E-state index contributed by atoms with van der Waals surface area (Å²) in [5.74, 6) is 0.548. The Morgan fingerprint density at radius 1 is 1.32 bits per heavy atom. The molecule has 0 radical (unpaired) electrons. The van der Waals surface area contributed by atoms with E-state index in [0.717, 1.165) is 31.5 Å². The lowest BCUT2D eigenvalue weighted by Crippen LogP contribution is -2.34. The van der Waals surface area contributed by atoms with Gasteiger partial charge in [0, 0.05) is 0 Å². The molecular weight excluding hydrogens is 260 g/mol. The third kappa shape index (κ3) is 4.34. The Balaban J connectivity index is 1.97. The van der Waals surface area contributed by atoms with Crippen LogP contribution in [-0.2, 0) is 15.6 Å². The standard InChI is InChI=1S/C14H18N2O2S/c15-8-12-3-5-13(6-4-12)10-19(17,18)11-14-2-1-7-16-9-14/h3-6,14,16H,1-2,7,9-11H2. The van der Waals surface area contributed by atoms with Crippen molar-refractivity contribution in [2.75, 3.05) is 18.8 Å². The first-order valence-corrected chi connectivity index (χ1v) is 8.31. The van der Waals surface area contributed by atoms with Crippen LogP contribution in [0, 0.1) is 17.2 Å². The first kappa shape index (κ1) is 14.0. The largest absolute Gasteiger partial charge is 0.316 e. The second-order valence-electron chi connectivity index (χ2n) is 5.08. The molecule has 2 rings (SSSR count). The third-order valence-electron chi connectivity index (χ3n) is 3.36. The van der Waals surface area contributed by atoms with Crippen LogP contribution in [0.3, 0.4) is 0 Å². The van der Waals surface area contributed by atoms with Gasteiger partial charge in [-0.05, 0) is 49.5 Å². The molecule has 1 aliphatic rings. The van der Waals surface area contributed by atoms with E-state index in [1.165, 1.54) is 0 Å². The van der Waals surface area contributed by atoms with Gasteiger partial charge in [-0.25, -0.2) is 8.42 Å². The summed E-state index contributed by atoms with van der Waals surface area (Å²) >= 11 is 0. The van der Waals surface area contributed by atoms with Crippen LogP contribution in [-0.4, -0.2) is 27.3 Å². The first-order valence-electron chi connectivity index (χ1n) is 6.49. The Bertz CT molecular complexity index is 552. The van der Waals surface area contributed by atoms with E-state index in [1.807, 2.05) is 6.07 Å². The number of nitrogens with zero attached hydrogens (tertiary/aromatic N) is 1. The molecule has 102 valence electrons. The summed E-state index contributed by atoms with van der Waals surface area (Å²) in [5.41, 5.74) is 1.31. The summed E-state index contributed by atoms with van der Waals surface area (Å²) in [6.45, 7) is 1.79. The van der Waals surface area contributed by atoms with Crippen molar-refractivity contribution < 1.29 is 8.42 Å².